The standard InChI is InChI=1S/C29H32FN3O2/c1-21(34)32-14-15-33(28(35)29(12-4-5-13-29)25-8-10-26(30)11-9-25)20-22(19-32)16-24-18-31-17-23-6-2-3-7-27(23)24/h2-3,6-11,17-18,22H,4-5,12-16,19-20H2,1H3/t22-/m1/s1. The van der Waals surface area contributed by atoms with Gasteiger partial charge in [0.1, 0.15) is 5.82 Å². The zero-order valence-corrected chi connectivity index (χ0v) is 20.3. The van der Waals surface area contributed by atoms with Crippen LogP contribution in [0.5, 0.6) is 0 Å². The Morgan fingerprint density at radius 1 is 0.971 bits per heavy atom. The van der Waals surface area contributed by atoms with Gasteiger partial charge < -0.3 is 9.80 Å². The van der Waals surface area contributed by atoms with Crippen LogP contribution in [-0.4, -0.2) is 52.8 Å². The van der Waals surface area contributed by atoms with E-state index in [0.717, 1.165) is 54.0 Å². The fourth-order valence-electron chi connectivity index (χ4n) is 6.03. The Kier molecular flexibility index (Phi) is 6.54. The van der Waals surface area contributed by atoms with Gasteiger partial charge in [-0.05, 0) is 53.8 Å². The molecule has 0 spiro atoms. The molecule has 5 nitrogen and oxygen atoms in total. The summed E-state index contributed by atoms with van der Waals surface area (Å²) in [6, 6.07) is 14.7. The Bertz CT molecular complexity index is 1210. The van der Waals surface area contributed by atoms with E-state index in [2.05, 4.69) is 17.1 Å². The van der Waals surface area contributed by atoms with Gasteiger partial charge in [0.2, 0.25) is 11.8 Å². The van der Waals surface area contributed by atoms with Crippen molar-refractivity contribution in [3.05, 3.63) is 77.9 Å². The normalized spacial score (nSPS) is 20.1. The summed E-state index contributed by atoms with van der Waals surface area (Å²) in [5, 5.41) is 2.26. The third kappa shape index (κ3) is 4.66. The highest BCUT2D eigenvalue weighted by molar-refractivity contribution is 5.89. The van der Waals surface area contributed by atoms with Gasteiger partial charge in [0, 0.05) is 50.9 Å². The third-order valence-corrected chi connectivity index (χ3v) is 7.85. The number of rotatable bonds is 4. The number of aromatic nitrogens is 1. The van der Waals surface area contributed by atoms with Crippen molar-refractivity contribution in [1.82, 2.24) is 14.8 Å². The third-order valence-electron chi connectivity index (χ3n) is 7.85. The fourth-order valence-corrected chi connectivity index (χ4v) is 6.03. The van der Waals surface area contributed by atoms with Gasteiger partial charge in [0.05, 0.1) is 5.41 Å². The molecule has 35 heavy (non-hydrogen) atoms. The highest BCUT2D eigenvalue weighted by Gasteiger charge is 2.45. The van der Waals surface area contributed by atoms with Crippen molar-refractivity contribution in [2.75, 3.05) is 26.2 Å². The highest BCUT2D eigenvalue weighted by atomic mass is 19.1. The van der Waals surface area contributed by atoms with Crippen molar-refractivity contribution in [2.45, 2.75) is 44.4 Å². The predicted molar refractivity (Wildman–Crippen MR) is 134 cm³/mol. The van der Waals surface area contributed by atoms with Crippen molar-refractivity contribution >= 4 is 22.6 Å². The molecule has 5 rings (SSSR count). The lowest BCUT2D eigenvalue weighted by molar-refractivity contribution is -0.138. The van der Waals surface area contributed by atoms with Gasteiger partial charge in [-0.3, -0.25) is 14.6 Å². The average Bonchev–Trinajstić information content (AvgIpc) is 3.27. The summed E-state index contributed by atoms with van der Waals surface area (Å²) in [6.45, 7) is 3.86. The minimum atomic E-state index is -0.607. The van der Waals surface area contributed by atoms with Crippen molar-refractivity contribution in [2.24, 2.45) is 5.92 Å². The molecule has 6 heteroatoms. The molecular weight excluding hydrogens is 441 g/mol. The van der Waals surface area contributed by atoms with E-state index in [9.17, 15) is 14.0 Å². The number of hydrogen-bond acceptors (Lipinski definition) is 3. The first-order valence-electron chi connectivity index (χ1n) is 12.6. The Morgan fingerprint density at radius 3 is 2.40 bits per heavy atom. The van der Waals surface area contributed by atoms with Gasteiger partial charge >= 0.3 is 0 Å². The lowest BCUT2D eigenvalue weighted by Crippen LogP contribution is -2.48. The van der Waals surface area contributed by atoms with E-state index >= 15 is 0 Å². The average molecular weight is 474 g/mol. The minimum Gasteiger partial charge on any atom is -0.341 e. The van der Waals surface area contributed by atoms with Crippen molar-refractivity contribution in [1.29, 1.82) is 0 Å². The highest BCUT2D eigenvalue weighted by Crippen LogP contribution is 2.43. The summed E-state index contributed by atoms with van der Waals surface area (Å²) in [7, 11) is 0. The molecule has 2 heterocycles. The van der Waals surface area contributed by atoms with Gasteiger partial charge in [0.15, 0.2) is 0 Å². The molecule has 0 unspecified atom stereocenters. The molecule has 2 aromatic carbocycles. The van der Waals surface area contributed by atoms with Gasteiger partial charge in [-0.2, -0.15) is 0 Å². The lowest BCUT2D eigenvalue weighted by Gasteiger charge is -2.35. The van der Waals surface area contributed by atoms with Crippen LogP contribution in [0.4, 0.5) is 4.39 Å². The van der Waals surface area contributed by atoms with Crippen LogP contribution in [0.1, 0.15) is 43.7 Å². The first-order chi connectivity index (χ1) is 17.0. The Balaban J connectivity index is 1.45. The molecule has 1 aliphatic carbocycles. The number of pyridine rings is 1. The Hall–Kier alpha value is -3.28. The number of amides is 2. The molecule has 0 bridgehead atoms. The quantitative estimate of drug-likeness (QED) is 0.550. The minimum absolute atomic E-state index is 0.0365. The SMILES string of the molecule is CC(=O)N1CCN(C(=O)C2(c3ccc(F)cc3)CCCC2)C[C@H](Cc2cncc3ccccc23)C1. The number of halogens is 1. The number of nitrogens with zero attached hydrogens (tertiary/aromatic N) is 3. The second kappa shape index (κ2) is 9.76. The molecule has 1 saturated carbocycles. The number of benzene rings is 2. The van der Waals surface area contributed by atoms with Gasteiger partial charge in [0.25, 0.3) is 0 Å². The summed E-state index contributed by atoms with van der Waals surface area (Å²) in [5.41, 5.74) is 1.44. The molecule has 0 N–H and O–H groups in total. The van der Waals surface area contributed by atoms with E-state index in [4.69, 9.17) is 0 Å². The molecule has 1 saturated heterocycles. The van der Waals surface area contributed by atoms with E-state index in [1.807, 2.05) is 34.3 Å². The van der Waals surface area contributed by atoms with Crippen LogP contribution in [-0.2, 0) is 21.4 Å². The number of hydrogen-bond donors (Lipinski definition) is 0. The molecular formula is C29H32FN3O2. The molecule has 1 atom stereocenters. The van der Waals surface area contributed by atoms with Crippen LogP contribution in [0.2, 0.25) is 0 Å². The second-order valence-electron chi connectivity index (χ2n) is 10.1. The van der Waals surface area contributed by atoms with E-state index in [-0.39, 0.29) is 23.5 Å². The largest absolute Gasteiger partial charge is 0.341 e. The first-order valence-corrected chi connectivity index (χ1v) is 12.6. The maximum absolute atomic E-state index is 14.2. The van der Waals surface area contributed by atoms with Crippen LogP contribution < -0.4 is 0 Å². The van der Waals surface area contributed by atoms with Crippen LogP contribution >= 0.6 is 0 Å². The van der Waals surface area contributed by atoms with Crippen LogP contribution in [0.3, 0.4) is 0 Å². The monoisotopic (exact) mass is 473 g/mol. The van der Waals surface area contributed by atoms with Crippen LogP contribution in [0.15, 0.2) is 60.9 Å². The molecule has 1 aromatic heterocycles. The van der Waals surface area contributed by atoms with E-state index in [0.29, 0.717) is 26.2 Å². The van der Waals surface area contributed by atoms with Gasteiger partial charge in [-0.1, -0.05) is 49.2 Å². The van der Waals surface area contributed by atoms with Crippen LogP contribution in [0.25, 0.3) is 10.8 Å². The molecule has 2 aliphatic rings. The van der Waals surface area contributed by atoms with Crippen molar-refractivity contribution in [3.63, 3.8) is 0 Å². The predicted octanol–water partition coefficient (Wildman–Crippen LogP) is 4.74. The zero-order valence-electron chi connectivity index (χ0n) is 20.3. The van der Waals surface area contributed by atoms with Gasteiger partial charge in [-0.15, -0.1) is 0 Å². The number of carbonyl (C=O) groups excluding carboxylic acids is 2. The summed E-state index contributed by atoms with van der Waals surface area (Å²) in [6.07, 6.45) is 8.06. The molecule has 2 amide bonds. The molecule has 1 aliphatic heterocycles. The first kappa shape index (κ1) is 23.5. The van der Waals surface area contributed by atoms with Crippen molar-refractivity contribution < 1.29 is 14.0 Å². The molecule has 3 aromatic rings. The maximum Gasteiger partial charge on any atom is 0.233 e. The zero-order chi connectivity index (χ0) is 24.4. The van der Waals surface area contributed by atoms with E-state index < -0.39 is 5.41 Å². The number of carbonyl (C=O) groups is 2. The smallest absolute Gasteiger partial charge is 0.233 e. The van der Waals surface area contributed by atoms with E-state index in [1.165, 1.54) is 12.1 Å². The maximum atomic E-state index is 14.2. The Morgan fingerprint density at radius 2 is 1.66 bits per heavy atom. The van der Waals surface area contributed by atoms with E-state index in [1.54, 1.807) is 19.1 Å². The summed E-state index contributed by atoms with van der Waals surface area (Å²) < 4.78 is 13.7. The summed E-state index contributed by atoms with van der Waals surface area (Å²) >= 11 is 0. The van der Waals surface area contributed by atoms with Crippen LogP contribution in [0, 0.1) is 11.7 Å². The molecule has 182 valence electrons. The van der Waals surface area contributed by atoms with Gasteiger partial charge in [-0.25, -0.2) is 4.39 Å². The topological polar surface area (TPSA) is 53.5 Å². The second-order valence-corrected chi connectivity index (χ2v) is 10.1. The van der Waals surface area contributed by atoms with Crippen molar-refractivity contribution in [3.8, 4) is 0 Å². The fraction of sp³-hybridized carbons (Fsp3) is 0.414. The molecule has 0 radical (unpaired) electrons. The lowest BCUT2D eigenvalue weighted by atomic mass is 9.77. The molecule has 2 fully saturated rings. The Labute approximate surface area is 205 Å². The number of fused-ring (bicyclic) bond motifs is 1. The summed E-state index contributed by atoms with van der Waals surface area (Å²) in [5.74, 6) is -0.0304. The summed E-state index contributed by atoms with van der Waals surface area (Å²) in [4.78, 5) is 34.8.